The predicted molar refractivity (Wildman–Crippen MR) is 142 cm³/mol. The van der Waals surface area contributed by atoms with Gasteiger partial charge in [0.05, 0.1) is 10.5 Å². The molecule has 0 saturated carbocycles. The summed E-state index contributed by atoms with van der Waals surface area (Å²) in [7, 11) is 0. The van der Waals surface area contributed by atoms with E-state index in [1.807, 2.05) is 60.8 Å². The topological polar surface area (TPSA) is 87.3 Å². The van der Waals surface area contributed by atoms with E-state index in [1.54, 1.807) is 23.5 Å². The van der Waals surface area contributed by atoms with E-state index < -0.39 is 5.91 Å². The second kappa shape index (κ2) is 10.1. The number of nitrogens with one attached hydrogen (secondary N) is 1. The maximum absolute atomic E-state index is 12.6. The van der Waals surface area contributed by atoms with Crippen molar-refractivity contribution in [2.24, 2.45) is 10.1 Å². The lowest BCUT2D eigenvalue weighted by molar-refractivity contribution is -0.114. The van der Waals surface area contributed by atoms with Crippen molar-refractivity contribution in [3.8, 4) is 11.5 Å². The Morgan fingerprint density at radius 2 is 1.83 bits per heavy atom. The lowest BCUT2D eigenvalue weighted by Crippen LogP contribution is -2.35. The van der Waals surface area contributed by atoms with E-state index in [0.29, 0.717) is 29.2 Å². The highest BCUT2D eigenvalue weighted by Crippen LogP contribution is 2.32. The van der Waals surface area contributed by atoms with E-state index in [1.165, 1.54) is 16.8 Å². The number of hydrogen-bond donors (Lipinski definition) is 1. The molecular formula is C25H19ClN4O3S2. The van der Waals surface area contributed by atoms with Gasteiger partial charge in [-0.05, 0) is 77.7 Å². The Balaban J connectivity index is 1.20. The van der Waals surface area contributed by atoms with Gasteiger partial charge in [0.1, 0.15) is 29.8 Å². The number of thioether (sulfide) groups is 1. The smallest absolute Gasteiger partial charge is 0.283 e. The highest BCUT2D eigenvalue weighted by Gasteiger charge is 2.36. The van der Waals surface area contributed by atoms with Crippen molar-refractivity contribution < 1.29 is 14.3 Å². The highest BCUT2D eigenvalue weighted by molar-refractivity contribution is 8.27. The molecule has 7 nitrogen and oxygen atoms in total. The molecule has 35 heavy (non-hydrogen) atoms. The van der Waals surface area contributed by atoms with Crippen LogP contribution < -0.4 is 9.47 Å². The van der Waals surface area contributed by atoms with Gasteiger partial charge in [-0.25, -0.2) is 0 Å². The van der Waals surface area contributed by atoms with E-state index in [4.69, 9.17) is 26.5 Å². The first-order valence-electron chi connectivity index (χ1n) is 10.6. The van der Waals surface area contributed by atoms with E-state index >= 15 is 0 Å². The van der Waals surface area contributed by atoms with Crippen LogP contribution in [0, 0.1) is 12.3 Å². The second-order valence-corrected chi connectivity index (χ2v) is 9.89. The summed E-state index contributed by atoms with van der Waals surface area (Å²) < 4.78 is 11.4. The third-order valence-corrected chi connectivity index (χ3v) is 7.50. The molecule has 2 aliphatic rings. The first-order chi connectivity index (χ1) is 17.0. The molecule has 3 aromatic rings. The van der Waals surface area contributed by atoms with Gasteiger partial charge in [-0.2, -0.15) is 15.1 Å². The van der Waals surface area contributed by atoms with Crippen LogP contribution in [0.25, 0.3) is 6.08 Å². The third-order valence-electron chi connectivity index (χ3n) is 5.13. The molecule has 2 aliphatic heterocycles. The molecule has 2 aromatic carbocycles. The maximum Gasteiger partial charge on any atom is 0.283 e. The van der Waals surface area contributed by atoms with E-state index in [2.05, 4.69) is 10.1 Å². The fourth-order valence-corrected chi connectivity index (χ4v) is 5.15. The molecule has 5 rings (SSSR count). The summed E-state index contributed by atoms with van der Waals surface area (Å²) in [6, 6.07) is 16.7. The summed E-state index contributed by atoms with van der Waals surface area (Å²) >= 11 is 8.88. The number of fused-ring (bicyclic) bond motifs is 1. The Hall–Kier alpha value is -3.40. The van der Waals surface area contributed by atoms with Crippen LogP contribution in [0.1, 0.15) is 16.0 Å². The zero-order valence-corrected chi connectivity index (χ0v) is 20.9. The number of nitrogens with zero attached hydrogens (tertiary/aromatic N) is 3. The Labute approximate surface area is 215 Å². The number of rotatable bonds is 7. The lowest BCUT2D eigenvalue weighted by Gasteiger charge is -2.20. The van der Waals surface area contributed by atoms with Crippen LogP contribution in [-0.2, 0) is 4.79 Å². The number of aliphatic imine (C=N–C) groups is 1. The normalized spacial score (nSPS) is 16.3. The van der Waals surface area contributed by atoms with Gasteiger partial charge in [-0.1, -0.05) is 29.8 Å². The summed E-state index contributed by atoms with van der Waals surface area (Å²) in [6.45, 7) is 2.69. The van der Waals surface area contributed by atoms with Crippen molar-refractivity contribution >= 4 is 62.7 Å². The minimum absolute atomic E-state index is 0.00830. The summed E-state index contributed by atoms with van der Waals surface area (Å²) in [5, 5.41) is 18.2. The number of carbonyl (C=O) groups is 1. The second-order valence-electron chi connectivity index (χ2n) is 7.58. The molecule has 0 radical (unpaired) electrons. The summed E-state index contributed by atoms with van der Waals surface area (Å²) in [4.78, 5) is 17.7. The van der Waals surface area contributed by atoms with Crippen molar-refractivity contribution in [1.29, 1.82) is 5.41 Å². The van der Waals surface area contributed by atoms with Crippen LogP contribution in [0.3, 0.4) is 0 Å². The monoisotopic (exact) mass is 522 g/mol. The van der Waals surface area contributed by atoms with Gasteiger partial charge in [-0.3, -0.25) is 10.2 Å². The zero-order valence-electron chi connectivity index (χ0n) is 18.5. The van der Waals surface area contributed by atoms with Gasteiger partial charge in [0.25, 0.3) is 5.91 Å². The molecule has 0 unspecified atom stereocenters. The van der Waals surface area contributed by atoms with Crippen LogP contribution in [0.4, 0.5) is 0 Å². The Morgan fingerprint density at radius 3 is 2.54 bits per heavy atom. The average Bonchev–Trinajstić information content (AvgIpc) is 3.53. The minimum atomic E-state index is -0.453. The van der Waals surface area contributed by atoms with Crippen LogP contribution in [0.5, 0.6) is 11.5 Å². The molecular weight excluding hydrogens is 504 g/mol. The van der Waals surface area contributed by atoms with Gasteiger partial charge in [0.15, 0.2) is 5.84 Å². The number of aryl methyl sites for hydroxylation is 1. The third kappa shape index (κ3) is 5.17. The number of thiophene rings is 1. The number of benzene rings is 2. The van der Waals surface area contributed by atoms with Crippen LogP contribution in [-0.4, -0.2) is 40.2 Å². The van der Waals surface area contributed by atoms with Gasteiger partial charge in [-0.15, -0.1) is 11.3 Å². The van der Waals surface area contributed by atoms with Crippen LogP contribution >= 0.6 is 34.7 Å². The SMILES string of the molecule is Cc1cc(OCCOc2ccc(C=C3C(=N)N4N=C(c5cccs5)SC4=NC3=O)cc2)ccc1Cl. The fraction of sp³-hybridized carbons (Fsp3) is 0.120. The van der Waals surface area contributed by atoms with Crippen molar-refractivity contribution in [3.05, 3.63) is 86.6 Å². The summed E-state index contributed by atoms with van der Waals surface area (Å²) in [6.07, 6.45) is 1.64. The van der Waals surface area contributed by atoms with Crippen LogP contribution in [0.15, 0.2) is 75.6 Å². The largest absolute Gasteiger partial charge is 0.490 e. The molecule has 0 fully saturated rings. The predicted octanol–water partition coefficient (Wildman–Crippen LogP) is 5.84. The maximum atomic E-state index is 12.6. The number of amides is 1. The fourth-order valence-electron chi connectivity index (χ4n) is 3.34. The van der Waals surface area contributed by atoms with Gasteiger partial charge >= 0.3 is 0 Å². The minimum Gasteiger partial charge on any atom is -0.490 e. The Bertz CT molecular complexity index is 1380. The quantitative estimate of drug-likeness (QED) is 0.311. The molecule has 10 heteroatoms. The van der Waals surface area contributed by atoms with Crippen molar-refractivity contribution in [2.75, 3.05) is 13.2 Å². The first kappa shape index (κ1) is 23.3. The zero-order chi connectivity index (χ0) is 24.4. The molecule has 176 valence electrons. The Morgan fingerprint density at radius 1 is 1.09 bits per heavy atom. The van der Waals surface area contributed by atoms with Crippen LogP contribution in [0.2, 0.25) is 5.02 Å². The van der Waals surface area contributed by atoms with Crippen molar-refractivity contribution in [2.45, 2.75) is 6.92 Å². The van der Waals surface area contributed by atoms with Gasteiger partial charge in [0, 0.05) is 5.02 Å². The molecule has 1 amide bonds. The molecule has 3 heterocycles. The first-order valence-corrected chi connectivity index (χ1v) is 12.7. The summed E-state index contributed by atoms with van der Waals surface area (Å²) in [5.74, 6) is 0.973. The highest BCUT2D eigenvalue weighted by atomic mass is 35.5. The standard InChI is InChI=1S/C25H19ClN4O3S2/c1-15-13-18(8-9-20(15)26)33-11-10-32-17-6-4-16(5-7-17)14-19-22(27)30-25(28-23(19)31)35-24(29-30)21-3-2-12-34-21/h2-9,12-14,27H,10-11H2,1H3. The number of hydrazone groups is 1. The molecule has 0 spiro atoms. The number of carbonyl (C=O) groups excluding carboxylic acids is 1. The van der Waals surface area contributed by atoms with E-state index in [-0.39, 0.29) is 11.4 Å². The van der Waals surface area contributed by atoms with Crippen molar-refractivity contribution in [3.63, 3.8) is 0 Å². The molecule has 1 aromatic heterocycles. The van der Waals surface area contributed by atoms with E-state index in [9.17, 15) is 4.79 Å². The number of halogens is 1. The number of amidine groups is 2. The molecule has 0 bridgehead atoms. The molecule has 1 N–H and O–H groups in total. The molecule has 0 saturated heterocycles. The van der Waals surface area contributed by atoms with E-state index in [0.717, 1.165) is 26.8 Å². The number of hydrogen-bond acceptors (Lipinski definition) is 7. The van der Waals surface area contributed by atoms with Gasteiger partial charge in [0.2, 0.25) is 5.17 Å². The van der Waals surface area contributed by atoms with Gasteiger partial charge < -0.3 is 9.47 Å². The van der Waals surface area contributed by atoms with Crippen molar-refractivity contribution in [1.82, 2.24) is 5.01 Å². The average molecular weight is 523 g/mol. The lowest BCUT2D eigenvalue weighted by atomic mass is 10.1. The molecule has 0 aliphatic carbocycles. The Kier molecular flexibility index (Phi) is 6.72. The molecule has 0 atom stereocenters. The summed E-state index contributed by atoms with van der Waals surface area (Å²) in [5.41, 5.74) is 1.90. The number of ether oxygens (including phenoxy) is 2.